The third kappa shape index (κ3) is 34.0. The summed E-state index contributed by atoms with van der Waals surface area (Å²) in [7, 11) is 0. The van der Waals surface area contributed by atoms with Crippen LogP contribution in [0.4, 0.5) is 0 Å². The molecule has 0 aromatic rings. The molecule has 0 unspecified atom stereocenters. The van der Waals surface area contributed by atoms with E-state index in [0.717, 1.165) is 44.9 Å². The van der Waals surface area contributed by atoms with Crippen molar-refractivity contribution in [1.82, 2.24) is 0 Å². The minimum atomic E-state index is -0.935. The number of aliphatic hydroxyl groups excluding tert-OH is 3. The van der Waals surface area contributed by atoms with Crippen LogP contribution < -0.4 is 0 Å². The Bertz CT molecular complexity index is 863. The number of aliphatic hydroxyl groups is 3. The first-order chi connectivity index (χ1) is 23.9. The van der Waals surface area contributed by atoms with Gasteiger partial charge in [0.1, 0.15) is 6.61 Å². The molecule has 0 saturated carbocycles. The molecule has 0 radical (unpaired) electrons. The summed E-state index contributed by atoms with van der Waals surface area (Å²) in [6, 6.07) is 0. The summed E-state index contributed by atoms with van der Waals surface area (Å²) in [6.45, 7) is 3.77. The quantitative estimate of drug-likeness (QED) is 0.0345. The Morgan fingerprint density at radius 3 is 1.49 bits per heavy atom. The highest BCUT2D eigenvalue weighted by molar-refractivity contribution is 5.70. The number of allylic oxidation sites excluding steroid dienone is 7. The fraction of sp³-hybridized carbons (Fsp3) is 0.762. The Labute approximate surface area is 300 Å². The van der Waals surface area contributed by atoms with Gasteiger partial charge in [-0.1, -0.05) is 159 Å². The van der Waals surface area contributed by atoms with Gasteiger partial charge in [0.2, 0.25) is 0 Å². The van der Waals surface area contributed by atoms with E-state index < -0.39 is 30.9 Å². The lowest BCUT2D eigenvalue weighted by atomic mass is 10.0. The Hall–Kier alpha value is -2.22. The van der Waals surface area contributed by atoms with Crippen LogP contribution in [0.5, 0.6) is 0 Å². The molecule has 0 heterocycles. The standard InChI is InChI=1S/C42H74O7/c1-3-5-7-9-11-13-15-17-18-19-20-22-24-26-28-30-34-42(47)49-38(36-43)37-48-41(46)35-31-33-40(45)39(44)32-29-27-25-23-21-16-14-12-10-8-6-4-2/h6,8,12,14,21,23,27,29,38-40,43-45H,3-5,7,9-11,13,15-20,22,24-26,28,30-37H2,1-2H3/b8-6-,14-12-,23-21-,29-27-/t38-,39-,40-/m0/s1. The predicted octanol–water partition coefficient (Wildman–Crippen LogP) is 10.2. The fourth-order valence-electron chi connectivity index (χ4n) is 5.46. The zero-order chi connectivity index (χ0) is 36.0. The van der Waals surface area contributed by atoms with Gasteiger partial charge in [0, 0.05) is 12.8 Å². The number of carbonyl (C=O) groups is 2. The van der Waals surface area contributed by atoms with Gasteiger partial charge in [-0.15, -0.1) is 0 Å². The van der Waals surface area contributed by atoms with Crippen LogP contribution >= 0.6 is 0 Å². The van der Waals surface area contributed by atoms with Gasteiger partial charge in [-0.05, 0) is 51.4 Å². The first kappa shape index (κ1) is 46.8. The minimum Gasteiger partial charge on any atom is -0.462 e. The van der Waals surface area contributed by atoms with Crippen molar-refractivity contribution in [2.24, 2.45) is 0 Å². The average Bonchev–Trinajstić information content (AvgIpc) is 3.10. The van der Waals surface area contributed by atoms with E-state index in [0.29, 0.717) is 19.3 Å². The third-order valence-corrected chi connectivity index (χ3v) is 8.59. The highest BCUT2D eigenvalue weighted by Gasteiger charge is 2.18. The van der Waals surface area contributed by atoms with Crippen LogP contribution in [-0.2, 0) is 19.1 Å². The Morgan fingerprint density at radius 1 is 0.551 bits per heavy atom. The van der Waals surface area contributed by atoms with Gasteiger partial charge >= 0.3 is 11.9 Å². The van der Waals surface area contributed by atoms with E-state index in [1.54, 1.807) is 0 Å². The van der Waals surface area contributed by atoms with Gasteiger partial charge < -0.3 is 24.8 Å². The van der Waals surface area contributed by atoms with Crippen molar-refractivity contribution >= 4 is 11.9 Å². The summed E-state index contributed by atoms with van der Waals surface area (Å²) in [4.78, 5) is 24.3. The molecule has 0 saturated heterocycles. The van der Waals surface area contributed by atoms with Crippen LogP contribution in [0.2, 0.25) is 0 Å². The average molecular weight is 691 g/mol. The van der Waals surface area contributed by atoms with Gasteiger partial charge in [-0.3, -0.25) is 9.59 Å². The van der Waals surface area contributed by atoms with Crippen molar-refractivity contribution in [3.05, 3.63) is 48.6 Å². The molecule has 3 N–H and O–H groups in total. The van der Waals surface area contributed by atoms with Crippen molar-refractivity contribution in [1.29, 1.82) is 0 Å². The van der Waals surface area contributed by atoms with Crippen molar-refractivity contribution < 1.29 is 34.4 Å². The molecule has 0 bridgehead atoms. The molecular weight excluding hydrogens is 616 g/mol. The second-order valence-electron chi connectivity index (χ2n) is 13.3. The van der Waals surface area contributed by atoms with Crippen molar-refractivity contribution in [3.8, 4) is 0 Å². The molecule has 284 valence electrons. The van der Waals surface area contributed by atoms with Crippen LogP contribution in [-0.4, -0.2) is 58.8 Å². The summed E-state index contributed by atoms with van der Waals surface area (Å²) in [5.41, 5.74) is 0. The minimum absolute atomic E-state index is 0.0685. The van der Waals surface area contributed by atoms with E-state index >= 15 is 0 Å². The maximum absolute atomic E-state index is 12.2. The molecule has 0 spiro atoms. The van der Waals surface area contributed by atoms with Crippen LogP contribution in [0.25, 0.3) is 0 Å². The van der Waals surface area contributed by atoms with Crippen LogP contribution in [0, 0.1) is 0 Å². The highest BCUT2D eigenvalue weighted by atomic mass is 16.6. The molecule has 7 heteroatoms. The lowest BCUT2D eigenvalue weighted by Gasteiger charge is -2.17. The normalized spacial score (nSPS) is 14.0. The van der Waals surface area contributed by atoms with Crippen molar-refractivity contribution in [2.45, 2.75) is 193 Å². The molecule has 0 aromatic carbocycles. The molecule has 0 fully saturated rings. The second-order valence-corrected chi connectivity index (χ2v) is 13.3. The topological polar surface area (TPSA) is 113 Å². The SMILES string of the molecule is CC/C=C\C/C=C\C/C=C\C/C=C\C[C@H](O)[C@@H](O)CCCC(=O)OC[C@H](CO)OC(=O)CCCCCCCCCCCCCCCCCC. The Morgan fingerprint density at radius 2 is 1.00 bits per heavy atom. The maximum Gasteiger partial charge on any atom is 0.306 e. The van der Waals surface area contributed by atoms with E-state index in [4.69, 9.17) is 9.47 Å². The highest BCUT2D eigenvalue weighted by Crippen LogP contribution is 2.15. The van der Waals surface area contributed by atoms with Crippen LogP contribution in [0.3, 0.4) is 0 Å². The number of carbonyl (C=O) groups excluding carboxylic acids is 2. The molecular formula is C42H74O7. The van der Waals surface area contributed by atoms with E-state index in [-0.39, 0.29) is 25.4 Å². The number of ether oxygens (including phenoxy) is 2. The molecule has 0 rings (SSSR count). The predicted molar refractivity (Wildman–Crippen MR) is 203 cm³/mol. The lowest BCUT2D eigenvalue weighted by molar-refractivity contribution is -0.161. The van der Waals surface area contributed by atoms with E-state index in [2.05, 4.69) is 50.3 Å². The molecule has 3 atom stereocenters. The number of rotatable bonds is 35. The molecule has 0 aliphatic carbocycles. The Kier molecular flexibility index (Phi) is 35.4. The Balaban J connectivity index is 3.80. The summed E-state index contributed by atoms with van der Waals surface area (Å²) in [5.74, 6) is -0.876. The van der Waals surface area contributed by atoms with E-state index in [9.17, 15) is 24.9 Å². The first-order valence-electron chi connectivity index (χ1n) is 19.9. The molecule has 0 aliphatic heterocycles. The fourth-order valence-corrected chi connectivity index (χ4v) is 5.46. The third-order valence-electron chi connectivity index (χ3n) is 8.59. The summed E-state index contributed by atoms with van der Waals surface area (Å²) in [5, 5.41) is 30.0. The first-order valence-corrected chi connectivity index (χ1v) is 19.9. The number of hydrogen-bond acceptors (Lipinski definition) is 7. The van der Waals surface area contributed by atoms with Gasteiger partial charge in [0.25, 0.3) is 0 Å². The van der Waals surface area contributed by atoms with Gasteiger partial charge in [-0.2, -0.15) is 0 Å². The van der Waals surface area contributed by atoms with Crippen LogP contribution in [0.1, 0.15) is 174 Å². The lowest BCUT2D eigenvalue weighted by Crippen LogP contribution is -2.28. The molecule has 49 heavy (non-hydrogen) atoms. The number of hydrogen-bond donors (Lipinski definition) is 3. The van der Waals surface area contributed by atoms with Crippen molar-refractivity contribution in [2.75, 3.05) is 13.2 Å². The van der Waals surface area contributed by atoms with Crippen molar-refractivity contribution in [3.63, 3.8) is 0 Å². The summed E-state index contributed by atoms with van der Waals surface area (Å²) in [6.07, 6.45) is 39.2. The largest absolute Gasteiger partial charge is 0.462 e. The van der Waals surface area contributed by atoms with Gasteiger partial charge in [-0.25, -0.2) is 0 Å². The van der Waals surface area contributed by atoms with E-state index in [1.165, 1.54) is 83.5 Å². The monoisotopic (exact) mass is 691 g/mol. The summed E-state index contributed by atoms with van der Waals surface area (Å²) >= 11 is 0. The summed E-state index contributed by atoms with van der Waals surface area (Å²) < 4.78 is 10.5. The molecule has 0 amide bonds. The number of unbranched alkanes of at least 4 members (excludes halogenated alkanes) is 15. The zero-order valence-electron chi connectivity index (χ0n) is 31.4. The molecule has 0 aliphatic rings. The maximum atomic E-state index is 12.2. The molecule has 7 nitrogen and oxygen atoms in total. The second kappa shape index (κ2) is 37.0. The molecule has 0 aromatic heterocycles. The van der Waals surface area contributed by atoms with Gasteiger partial charge in [0.15, 0.2) is 6.10 Å². The zero-order valence-corrected chi connectivity index (χ0v) is 31.4. The smallest absolute Gasteiger partial charge is 0.306 e. The number of esters is 2. The van der Waals surface area contributed by atoms with Gasteiger partial charge in [0.05, 0.1) is 18.8 Å². The van der Waals surface area contributed by atoms with E-state index in [1.807, 2.05) is 12.2 Å². The van der Waals surface area contributed by atoms with Crippen LogP contribution in [0.15, 0.2) is 48.6 Å².